The fourth-order valence-electron chi connectivity index (χ4n) is 1.37. The van der Waals surface area contributed by atoms with Crippen molar-refractivity contribution in [1.29, 1.82) is 0 Å². The number of hydrogen-bond donors (Lipinski definition) is 0. The molecule has 0 spiro atoms. The van der Waals surface area contributed by atoms with Crippen molar-refractivity contribution in [2.45, 2.75) is 6.18 Å². The smallest absolute Gasteiger partial charge is 0.250 e. The molecular formula is C10H8F3N3. The molecule has 84 valence electrons. The minimum absolute atomic E-state index is 0.0343. The predicted molar refractivity (Wildman–Crippen MR) is 53.6 cm³/mol. The first-order valence-electron chi connectivity index (χ1n) is 4.44. The van der Waals surface area contributed by atoms with Crippen LogP contribution in [0.4, 0.5) is 13.2 Å². The van der Waals surface area contributed by atoms with Gasteiger partial charge < -0.3 is 0 Å². The third-order valence-corrected chi connectivity index (χ3v) is 2.26. The summed E-state index contributed by atoms with van der Waals surface area (Å²) in [4.78, 5) is 3.91. The second-order valence-corrected chi connectivity index (χ2v) is 3.38. The zero-order valence-electron chi connectivity index (χ0n) is 8.41. The number of aryl methyl sites for hydroxylation is 1. The summed E-state index contributed by atoms with van der Waals surface area (Å²) < 4.78 is 38.7. The summed E-state index contributed by atoms with van der Waals surface area (Å²) >= 11 is 0. The number of nitrogens with zero attached hydrogens (tertiary/aromatic N) is 3. The molecule has 0 saturated carbocycles. The third-order valence-electron chi connectivity index (χ3n) is 2.26. The monoisotopic (exact) mass is 227 g/mol. The van der Waals surface area contributed by atoms with Gasteiger partial charge in [-0.2, -0.15) is 18.3 Å². The third kappa shape index (κ3) is 1.66. The van der Waals surface area contributed by atoms with Gasteiger partial charge in [-0.3, -0.25) is 4.68 Å². The van der Waals surface area contributed by atoms with Crippen LogP contribution in [-0.4, -0.2) is 20.9 Å². The van der Waals surface area contributed by atoms with Gasteiger partial charge in [-0.25, -0.2) is 4.98 Å². The molecule has 0 N–H and O–H groups in total. The Hall–Kier alpha value is -1.85. The van der Waals surface area contributed by atoms with Crippen LogP contribution in [0.15, 0.2) is 25.0 Å². The summed E-state index contributed by atoms with van der Waals surface area (Å²) in [6.07, 6.45) is -1.81. The van der Waals surface area contributed by atoms with E-state index in [0.29, 0.717) is 11.0 Å². The quantitative estimate of drug-likeness (QED) is 0.749. The van der Waals surface area contributed by atoms with Crippen molar-refractivity contribution < 1.29 is 13.2 Å². The van der Waals surface area contributed by atoms with Crippen LogP contribution in [0.3, 0.4) is 0 Å². The average molecular weight is 227 g/mol. The second-order valence-electron chi connectivity index (χ2n) is 3.38. The molecule has 0 atom stereocenters. The van der Waals surface area contributed by atoms with E-state index in [9.17, 15) is 13.2 Å². The summed E-state index contributed by atoms with van der Waals surface area (Å²) in [5, 5.41) is 4.46. The Morgan fingerprint density at radius 1 is 1.38 bits per heavy atom. The maximum Gasteiger partial charge on any atom is 0.416 e. The lowest BCUT2D eigenvalue weighted by Gasteiger charge is -2.09. The SMILES string of the molecule is C=C(c1cnc2c(cnn2C)c1)C(F)(F)F. The van der Waals surface area contributed by atoms with E-state index in [1.54, 1.807) is 7.05 Å². The van der Waals surface area contributed by atoms with Gasteiger partial charge in [-0.1, -0.05) is 6.58 Å². The topological polar surface area (TPSA) is 30.7 Å². The molecule has 0 amide bonds. The van der Waals surface area contributed by atoms with Gasteiger partial charge >= 0.3 is 6.18 Å². The van der Waals surface area contributed by atoms with Crippen LogP contribution in [0, 0.1) is 0 Å². The Bertz CT molecular complexity index is 554. The fraction of sp³-hybridized carbons (Fsp3) is 0.200. The highest BCUT2D eigenvalue weighted by Crippen LogP contribution is 2.32. The number of aromatic nitrogens is 3. The molecule has 6 heteroatoms. The highest BCUT2D eigenvalue weighted by Gasteiger charge is 2.33. The van der Waals surface area contributed by atoms with Crippen LogP contribution in [0.1, 0.15) is 5.56 Å². The summed E-state index contributed by atoms with van der Waals surface area (Å²) in [6, 6.07) is 1.38. The van der Waals surface area contributed by atoms with Gasteiger partial charge in [0.2, 0.25) is 0 Å². The van der Waals surface area contributed by atoms with Crippen molar-refractivity contribution >= 4 is 16.6 Å². The molecule has 2 aromatic heterocycles. The Kier molecular flexibility index (Phi) is 2.22. The van der Waals surface area contributed by atoms with E-state index >= 15 is 0 Å². The molecule has 0 aliphatic carbocycles. The lowest BCUT2D eigenvalue weighted by Crippen LogP contribution is -2.09. The van der Waals surface area contributed by atoms with E-state index in [1.165, 1.54) is 16.9 Å². The summed E-state index contributed by atoms with van der Waals surface area (Å²) in [7, 11) is 1.67. The van der Waals surface area contributed by atoms with Gasteiger partial charge in [0.15, 0.2) is 5.65 Å². The molecule has 2 aromatic rings. The average Bonchev–Trinajstić information content (AvgIpc) is 2.57. The molecule has 0 bridgehead atoms. The summed E-state index contributed by atoms with van der Waals surface area (Å²) in [5.74, 6) is 0. The summed E-state index contributed by atoms with van der Waals surface area (Å²) in [5.41, 5.74) is -0.391. The Morgan fingerprint density at radius 3 is 2.69 bits per heavy atom. The zero-order valence-corrected chi connectivity index (χ0v) is 8.41. The highest BCUT2D eigenvalue weighted by molar-refractivity contribution is 5.80. The maximum absolute atomic E-state index is 12.4. The van der Waals surface area contributed by atoms with Crippen molar-refractivity contribution in [1.82, 2.24) is 14.8 Å². The van der Waals surface area contributed by atoms with Crippen molar-refractivity contribution in [3.8, 4) is 0 Å². The lowest BCUT2D eigenvalue weighted by atomic mass is 10.1. The van der Waals surface area contributed by atoms with Crippen LogP contribution >= 0.6 is 0 Å². The van der Waals surface area contributed by atoms with Gasteiger partial charge in [-0.15, -0.1) is 0 Å². The van der Waals surface area contributed by atoms with Crippen LogP contribution in [0.5, 0.6) is 0 Å². The molecule has 0 unspecified atom stereocenters. The van der Waals surface area contributed by atoms with Gasteiger partial charge in [0.1, 0.15) is 0 Å². The largest absolute Gasteiger partial charge is 0.416 e. The van der Waals surface area contributed by atoms with Crippen LogP contribution in [-0.2, 0) is 7.05 Å². The standard InChI is InChI=1S/C10H8F3N3/c1-6(10(11,12)13)7-3-8-5-15-16(2)9(8)14-4-7/h3-5H,1H2,2H3. The van der Waals surface area contributed by atoms with Gasteiger partial charge in [0.25, 0.3) is 0 Å². The molecule has 0 saturated heterocycles. The van der Waals surface area contributed by atoms with E-state index in [4.69, 9.17) is 0 Å². The number of hydrogen-bond acceptors (Lipinski definition) is 2. The Morgan fingerprint density at radius 2 is 2.06 bits per heavy atom. The van der Waals surface area contributed by atoms with Gasteiger partial charge in [0.05, 0.1) is 11.8 Å². The molecule has 0 aliphatic heterocycles. The normalized spacial score (nSPS) is 12.0. The first-order chi connectivity index (χ1) is 7.39. The number of pyridine rings is 1. The van der Waals surface area contributed by atoms with Gasteiger partial charge in [-0.05, 0) is 6.07 Å². The number of fused-ring (bicyclic) bond motifs is 1. The number of allylic oxidation sites excluding steroid dienone is 1. The highest BCUT2D eigenvalue weighted by atomic mass is 19.4. The van der Waals surface area contributed by atoms with E-state index < -0.39 is 11.7 Å². The number of rotatable bonds is 1. The van der Waals surface area contributed by atoms with E-state index in [-0.39, 0.29) is 5.56 Å². The maximum atomic E-state index is 12.4. The van der Waals surface area contributed by atoms with Crippen LogP contribution < -0.4 is 0 Å². The first-order valence-corrected chi connectivity index (χ1v) is 4.44. The second kappa shape index (κ2) is 3.33. The molecule has 0 aromatic carbocycles. The van der Waals surface area contributed by atoms with Crippen molar-refractivity contribution in [2.24, 2.45) is 7.05 Å². The van der Waals surface area contributed by atoms with Crippen molar-refractivity contribution in [3.63, 3.8) is 0 Å². The molecule has 0 radical (unpaired) electrons. The van der Waals surface area contributed by atoms with Crippen molar-refractivity contribution in [2.75, 3.05) is 0 Å². The predicted octanol–water partition coefficient (Wildman–Crippen LogP) is 2.54. The minimum Gasteiger partial charge on any atom is -0.250 e. The van der Waals surface area contributed by atoms with Gasteiger partial charge in [0, 0.05) is 24.2 Å². The molecule has 0 fully saturated rings. The van der Waals surface area contributed by atoms with Crippen LogP contribution in [0.25, 0.3) is 16.6 Å². The summed E-state index contributed by atoms with van der Waals surface area (Å²) in [6.45, 7) is 3.02. The lowest BCUT2D eigenvalue weighted by molar-refractivity contribution is -0.0686. The van der Waals surface area contributed by atoms with E-state index in [0.717, 1.165) is 6.20 Å². The van der Waals surface area contributed by atoms with Crippen molar-refractivity contribution in [3.05, 3.63) is 30.6 Å². The molecule has 0 aliphatic rings. The zero-order chi connectivity index (χ0) is 11.9. The number of halogens is 3. The fourth-order valence-corrected chi connectivity index (χ4v) is 1.37. The molecule has 2 rings (SSSR count). The van der Waals surface area contributed by atoms with Crippen LogP contribution in [0.2, 0.25) is 0 Å². The van der Waals surface area contributed by atoms with E-state index in [1.807, 2.05) is 0 Å². The Balaban J connectivity index is 2.52. The first kappa shape index (κ1) is 10.7. The number of alkyl halides is 3. The molecule has 2 heterocycles. The molecule has 3 nitrogen and oxygen atoms in total. The Labute approximate surface area is 89.2 Å². The molecule has 16 heavy (non-hydrogen) atoms. The molecular weight excluding hydrogens is 219 g/mol. The van der Waals surface area contributed by atoms with E-state index in [2.05, 4.69) is 16.7 Å². The minimum atomic E-state index is -4.43.